The number of hydrogen-bond acceptors (Lipinski definition) is 3. The van der Waals surface area contributed by atoms with Crippen molar-refractivity contribution in [1.29, 1.82) is 0 Å². The van der Waals surface area contributed by atoms with E-state index in [1.807, 2.05) is 0 Å². The van der Waals surface area contributed by atoms with Crippen molar-refractivity contribution in [3.05, 3.63) is 0 Å². The van der Waals surface area contributed by atoms with Crippen molar-refractivity contribution < 1.29 is 8.42 Å². The second kappa shape index (κ2) is 7.40. The maximum Gasteiger partial charge on any atom is 0.279 e. The molecule has 0 aromatic rings. The summed E-state index contributed by atoms with van der Waals surface area (Å²) in [5.41, 5.74) is 0.0969. The molecule has 0 spiro atoms. The summed E-state index contributed by atoms with van der Waals surface area (Å²) < 4.78 is 29.1. The summed E-state index contributed by atoms with van der Waals surface area (Å²) in [6.07, 6.45) is 4.18. The molecule has 20 heavy (non-hydrogen) atoms. The van der Waals surface area contributed by atoms with E-state index in [2.05, 4.69) is 23.9 Å². The Morgan fingerprint density at radius 1 is 1.35 bits per heavy atom. The fraction of sp³-hybridized carbons (Fsp3) is 1.00. The number of nitrogens with one attached hydrogen (secondary N) is 2. The molecule has 2 saturated heterocycles. The highest BCUT2D eigenvalue weighted by Gasteiger charge is 2.31. The van der Waals surface area contributed by atoms with Crippen molar-refractivity contribution in [1.82, 2.24) is 14.3 Å². The van der Waals surface area contributed by atoms with Crippen LogP contribution in [0.3, 0.4) is 0 Å². The van der Waals surface area contributed by atoms with E-state index >= 15 is 0 Å². The largest absolute Gasteiger partial charge is 0.317 e. The van der Waals surface area contributed by atoms with Crippen LogP contribution in [0.2, 0.25) is 0 Å². The maximum absolute atomic E-state index is 12.3. The minimum absolute atomic E-state index is 0. The van der Waals surface area contributed by atoms with E-state index in [-0.39, 0.29) is 17.8 Å². The van der Waals surface area contributed by atoms with Crippen LogP contribution in [0.5, 0.6) is 0 Å². The topological polar surface area (TPSA) is 61.4 Å². The third kappa shape index (κ3) is 4.84. The van der Waals surface area contributed by atoms with Gasteiger partial charge in [0.1, 0.15) is 0 Å². The smallest absolute Gasteiger partial charge is 0.279 e. The van der Waals surface area contributed by atoms with Gasteiger partial charge in [0, 0.05) is 19.6 Å². The van der Waals surface area contributed by atoms with E-state index in [9.17, 15) is 8.42 Å². The molecule has 2 fully saturated rings. The Morgan fingerprint density at radius 3 is 2.60 bits per heavy atom. The fourth-order valence-corrected chi connectivity index (χ4v) is 4.46. The van der Waals surface area contributed by atoms with Crippen LogP contribution < -0.4 is 10.0 Å². The number of hydrogen-bond donors (Lipinski definition) is 2. The van der Waals surface area contributed by atoms with Gasteiger partial charge in [0.15, 0.2) is 0 Å². The van der Waals surface area contributed by atoms with Crippen molar-refractivity contribution in [3.63, 3.8) is 0 Å². The third-order valence-electron chi connectivity index (χ3n) is 4.45. The molecule has 0 radical (unpaired) electrons. The highest BCUT2D eigenvalue weighted by molar-refractivity contribution is 7.87. The van der Waals surface area contributed by atoms with Crippen LogP contribution in [0.25, 0.3) is 0 Å². The van der Waals surface area contributed by atoms with E-state index in [0.717, 1.165) is 38.8 Å². The predicted octanol–water partition coefficient (Wildman–Crippen LogP) is 1.36. The molecule has 2 heterocycles. The first kappa shape index (κ1) is 18.2. The molecule has 0 bridgehead atoms. The first-order valence-electron chi connectivity index (χ1n) is 7.37. The monoisotopic (exact) mass is 325 g/mol. The minimum atomic E-state index is -3.29. The van der Waals surface area contributed by atoms with Crippen LogP contribution in [-0.4, -0.2) is 45.4 Å². The van der Waals surface area contributed by atoms with Gasteiger partial charge in [-0.2, -0.15) is 12.7 Å². The molecule has 1 atom stereocenters. The number of rotatable bonds is 4. The number of halogens is 1. The highest BCUT2D eigenvalue weighted by atomic mass is 35.5. The number of nitrogens with zero attached hydrogens (tertiary/aromatic N) is 1. The van der Waals surface area contributed by atoms with E-state index in [1.54, 1.807) is 4.31 Å². The Balaban J connectivity index is 0.00000200. The molecule has 1 unspecified atom stereocenters. The maximum atomic E-state index is 12.3. The van der Waals surface area contributed by atoms with Crippen molar-refractivity contribution in [2.45, 2.75) is 39.5 Å². The average Bonchev–Trinajstić information content (AvgIpc) is 2.38. The fourth-order valence-electron chi connectivity index (χ4n) is 2.93. The summed E-state index contributed by atoms with van der Waals surface area (Å²) >= 11 is 0. The zero-order valence-corrected chi connectivity index (χ0v) is 14.2. The van der Waals surface area contributed by atoms with Crippen molar-refractivity contribution in [2.24, 2.45) is 11.3 Å². The molecular formula is C13H28ClN3O2S. The summed E-state index contributed by atoms with van der Waals surface area (Å²) in [6.45, 7) is 8.15. The Kier molecular flexibility index (Phi) is 6.73. The standard InChI is InChI=1S/C13H27N3O2S.ClH/c1-12-4-3-9-16(10-12)19(17,18)15-11-13(2)5-7-14-8-6-13;/h12,14-15H,3-11H2,1-2H3;1H. The molecule has 0 aromatic carbocycles. The zero-order valence-electron chi connectivity index (χ0n) is 12.5. The van der Waals surface area contributed by atoms with E-state index in [1.165, 1.54) is 0 Å². The summed E-state index contributed by atoms with van der Waals surface area (Å²) in [6, 6.07) is 0. The van der Waals surface area contributed by atoms with Gasteiger partial charge in [0.2, 0.25) is 0 Å². The van der Waals surface area contributed by atoms with Crippen molar-refractivity contribution >= 4 is 22.6 Å². The molecule has 2 N–H and O–H groups in total. The summed E-state index contributed by atoms with van der Waals surface area (Å²) in [5.74, 6) is 0.472. The first-order chi connectivity index (χ1) is 8.91. The van der Waals surface area contributed by atoms with Crippen molar-refractivity contribution in [2.75, 3.05) is 32.7 Å². The van der Waals surface area contributed by atoms with Crippen LogP contribution in [0.1, 0.15) is 39.5 Å². The SMILES string of the molecule is CC1CCCN(S(=O)(=O)NCC2(C)CCNCC2)C1.Cl. The van der Waals surface area contributed by atoms with E-state index < -0.39 is 10.2 Å². The Labute approximate surface area is 129 Å². The molecule has 0 aromatic heterocycles. The Hall–Kier alpha value is 0.120. The molecular weight excluding hydrogens is 298 g/mol. The molecule has 5 nitrogen and oxygen atoms in total. The molecule has 2 aliphatic heterocycles. The Bertz CT molecular complexity index is 396. The van der Waals surface area contributed by atoms with Gasteiger partial charge in [-0.1, -0.05) is 13.8 Å². The predicted molar refractivity (Wildman–Crippen MR) is 84.4 cm³/mol. The van der Waals surface area contributed by atoms with Gasteiger partial charge in [0.25, 0.3) is 10.2 Å². The normalized spacial score (nSPS) is 27.8. The van der Waals surface area contributed by atoms with Gasteiger partial charge in [-0.3, -0.25) is 0 Å². The van der Waals surface area contributed by atoms with Crippen LogP contribution >= 0.6 is 12.4 Å². The van der Waals surface area contributed by atoms with Gasteiger partial charge < -0.3 is 5.32 Å². The molecule has 0 amide bonds. The third-order valence-corrected chi connectivity index (χ3v) is 5.97. The highest BCUT2D eigenvalue weighted by Crippen LogP contribution is 2.27. The van der Waals surface area contributed by atoms with E-state index in [4.69, 9.17) is 0 Å². The molecule has 0 aliphatic carbocycles. The van der Waals surface area contributed by atoms with Crippen LogP contribution in [0, 0.1) is 11.3 Å². The second-order valence-corrected chi connectivity index (χ2v) is 8.25. The van der Waals surface area contributed by atoms with Crippen LogP contribution in [-0.2, 0) is 10.2 Å². The lowest BCUT2D eigenvalue weighted by Gasteiger charge is -2.36. The minimum Gasteiger partial charge on any atom is -0.317 e. The molecule has 0 saturated carbocycles. The quantitative estimate of drug-likeness (QED) is 0.820. The molecule has 120 valence electrons. The van der Waals surface area contributed by atoms with Gasteiger partial charge in [0.05, 0.1) is 0 Å². The summed E-state index contributed by atoms with van der Waals surface area (Å²) in [5, 5.41) is 3.32. The van der Waals surface area contributed by atoms with Gasteiger partial charge in [-0.25, -0.2) is 4.72 Å². The van der Waals surface area contributed by atoms with Gasteiger partial charge >= 0.3 is 0 Å². The zero-order chi connectivity index (χ0) is 13.9. The van der Waals surface area contributed by atoms with E-state index in [0.29, 0.717) is 25.6 Å². The number of piperidine rings is 2. The second-order valence-electron chi connectivity index (χ2n) is 6.49. The van der Waals surface area contributed by atoms with Gasteiger partial charge in [-0.15, -0.1) is 12.4 Å². The Morgan fingerprint density at radius 2 is 2.00 bits per heavy atom. The summed E-state index contributed by atoms with van der Waals surface area (Å²) in [4.78, 5) is 0. The average molecular weight is 326 g/mol. The molecule has 2 aliphatic rings. The molecule has 2 rings (SSSR count). The molecule has 7 heteroatoms. The van der Waals surface area contributed by atoms with Crippen LogP contribution in [0.4, 0.5) is 0 Å². The lowest BCUT2D eigenvalue weighted by Crippen LogP contribution is -2.49. The van der Waals surface area contributed by atoms with Gasteiger partial charge in [-0.05, 0) is 50.1 Å². The lowest BCUT2D eigenvalue weighted by atomic mass is 9.81. The lowest BCUT2D eigenvalue weighted by molar-refractivity contribution is 0.226. The first-order valence-corrected chi connectivity index (χ1v) is 8.81. The van der Waals surface area contributed by atoms with Crippen LogP contribution in [0.15, 0.2) is 0 Å². The van der Waals surface area contributed by atoms with Crippen molar-refractivity contribution in [3.8, 4) is 0 Å². The summed E-state index contributed by atoms with van der Waals surface area (Å²) in [7, 11) is -3.29.